The molecule has 0 spiro atoms. The number of hydrogen-bond acceptors (Lipinski definition) is 5. The summed E-state index contributed by atoms with van der Waals surface area (Å²) >= 11 is 3.46. The fraction of sp³-hybridized carbons (Fsp3) is 0.476. The minimum absolute atomic E-state index is 0.171. The van der Waals surface area contributed by atoms with Crippen molar-refractivity contribution in [1.82, 2.24) is 19.6 Å². The van der Waals surface area contributed by atoms with Crippen LogP contribution in [0, 0.1) is 0 Å². The van der Waals surface area contributed by atoms with E-state index >= 15 is 0 Å². The van der Waals surface area contributed by atoms with Gasteiger partial charge in [0, 0.05) is 27.2 Å². The Morgan fingerprint density at radius 3 is 2.37 bits per heavy atom. The van der Waals surface area contributed by atoms with Gasteiger partial charge in [-0.1, -0.05) is 30.3 Å². The smallest absolute Gasteiger partial charge is 0.410 e. The molecule has 1 aromatic carbocycles. The molecule has 0 saturated heterocycles. The second-order valence-electron chi connectivity index (χ2n) is 7.93. The third-order valence-corrected chi connectivity index (χ3v) is 4.89. The van der Waals surface area contributed by atoms with Crippen LogP contribution in [0.15, 0.2) is 41.0 Å². The maximum atomic E-state index is 12.8. The van der Waals surface area contributed by atoms with E-state index in [1.54, 1.807) is 29.9 Å². The number of ether oxygens (including phenoxy) is 2. The normalized spacial score (nSPS) is 11.1. The molecule has 0 aliphatic heterocycles. The Hall–Kier alpha value is -2.55. The largest absolute Gasteiger partial charge is 0.445 e. The highest BCUT2D eigenvalue weighted by molar-refractivity contribution is 9.10. The maximum absolute atomic E-state index is 12.8. The first-order valence-corrected chi connectivity index (χ1v) is 10.4. The average Bonchev–Trinajstić information content (AvgIpc) is 3.00. The van der Waals surface area contributed by atoms with E-state index in [9.17, 15) is 9.59 Å². The highest BCUT2D eigenvalue weighted by atomic mass is 79.9. The number of hydrogen-bond donors (Lipinski definition) is 0. The summed E-state index contributed by atoms with van der Waals surface area (Å²) in [5.41, 5.74) is 1.14. The van der Waals surface area contributed by atoms with Crippen molar-refractivity contribution < 1.29 is 19.1 Å². The van der Waals surface area contributed by atoms with E-state index in [-0.39, 0.29) is 19.7 Å². The molecule has 2 amide bonds. The molecule has 9 heteroatoms. The Kier molecular flexibility index (Phi) is 8.28. The van der Waals surface area contributed by atoms with Gasteiger partial charge in [0.25, 0.3) is 0 Å². The molecule has 164 valence electrons. The van der Waals surface area contributed by atoms with Gasteiger partial charge in [-0.2, -0.15) is 5.10 Å². The molecule has 0 atom stereocenters. The van der Waals surface area contributed by atoms with Crippen LogP contribution >= 0.6 is 15.9 Å². The zero-order valence-corrected chi connectivity index (χ0v) is 19.7. The molecule has 0 unspecified atom stereocenters. The standard InChI is InChI=1S/C21H29BrN4O4/c1-21(2,3)30-19(27)24(4)11-12-26(14-18-17(22)13-23-25(18)5)20(28)29-15-16-9-7-6-8-10-16/h6-10,13H,11-12,14-15H2,1-5H3. The first-order chi connectivity index (χ1) is 14.1. The highest BCUT2D eigenvalue weighted by Gasteiger charge is 2.23. The molecular weight excluding hydrogens is 452 g/mol. The van der Waals surface area contributed by atoms with Gasteiger partial charge in [0.2, 0.25) is 0 Å². The van der Waals surface area contributed by atoms with Crippen LogP contribution in [0.3, 0.4) is 0 Å². The summed E-state index contributed by atoms with van der Waals surface area (Å²) in [6, 6.07) is 9.48. The summed E-state index contributed by atoms with van der Waals surface area (Å²) in [6.07, 6.45) is 0.765. The van der Waals surface area contributed by atoms with Crippen molar-refractivity contribution in [2.24, 2.45) is 7.05 Å². The third kappa shape index (κ3) is 7.37. The number of aromatic nitrogens is 2. The van der Waals surface area contributed by atoms with Gasteiger partial charge < -0.3 is 19.3 Å². The van der Waals surface area contributed by atoms with Crippen LogP contribution in [-0.2, 0) is 29.7 Å². The molecule has 0 bridgehead atoms. The maximum Gasteiger partial charge on any atom is 0.410 e. The Morgan fingerprint density at radius 2 is 1.80 bits per heavy atom. The van der Waals surface area contributed by atoms with Crippen molar-refractivity contribution >= 4 is 28.1 Å². The molecule has 1 aromatic heterocycles. The molecule has 30 heavy (non-hydrogen) atoms. The molecule has 0 aliphatic rings. The Balaban J connectivity index is 2.04. The second kappa shape index (κ2) is 10.5. The van der Waals surface area contributed by atoms with Crippen LogP contribution in [0.5, 0.6) is 0 Å². The van der Waals surface area contributed by atoms with Crippen LogP contribution in [0.4, 0.5) is 9.59 Å². The summed E-state index contributed by atoms with van der Waals surface area (Å²) < 4.78 is 13.4. The lowest BCUT2D eigenvalue weighted by Gasteiger charge is -2.27. The molecule has 8 nitrogen and oxygen atoms in total. The zero-order chi connectivity index (χ0) is 22.3. The Labute approximate surface area is 185 Å². The molecule has 0 saturated carbocycles. The van der Waals surface area contributed by atoms with Crippen LogP contribution in [0.2, 0.25) is 0 Å². The van der Waals surface area contributed by atoms with E-state index in [0.717, 1.165) is 15.7 Å². The summed E-state index contributed by atoms with van der Waals surface area (Å²) in [4.78, 5) is 28.0. The monoisotopic (exact) mass is 480 g/mol. The van der Waals surface area contributed by atoms with E-state index < -0.39 is 17.8 Å². The van der Waals surface area contributed by atoms with Crippen LogP contribution in [0.1, 0.15) is 32.0 Å². The van der Waals surface area contributed by atoms with Crippen molar-refractivity contribution in [3.63, 3.8) is 0 Å². The number of carbonyl (C=O) groups is 2. The van der Waals surface area contributed by atoms with Crippen LogP contribution < -0.4 is 0 Å². The number of carbonyl (C=O) groups excluding carboxylic acids is 2. The van der Waals surface area contributed by atoms with E-state index in [2.05, 4.69) is 21.0 Å². The molecule has 0 radical (unpaired) electrons. The molecule has 2 aromatic rings. The van der Waals surface area contributed by atoms with E-state index in [4.69, 9.17) is 9.47 Å². The first kappa shape index (κ1) is 23.7. The van der Waals surface area contributed by atoms with Gasteiger partial charge in [0.05, 0.1) is 22.9 Å². The molecule has 0 fully saturated rings. The summed E-state index contributed by atoms with van der Waals surface area (Å²) in [7, 11) is 3.45. The minimum Gasteiger partial charge on any atom is -0.445 e. The van der Waals surface area contributed by atoms with Crippen LogP contribution in [0.25, 0.3) is 0 Å². The number of benzene rings is 1. The Bertz CT molecular complexity index is 829. The number of nitrogens with zero attached hydrogens (tertiary/aromatic N) is 4. The number of amides is 2. The lowest BCUT2D eigenvalue weighted by molar-refractivity contribution is 0.0272. The predicted octanol–water partition coefficient (Wildman–Crippen LogP) is 4.19. The van der Waals surface area contributed by atoms with Gasteiger partial charge in [0.15, 0.2) is 0 Å². The number of likely N-dealkylation sites (N-methyl/N-ethyl adjacent to an activating group) is 1. The topological polar surface area (TPSA) is 76.9 Å². The first-order valence-electron chi connectivity index (χ1n) is 9.63. The number of aryl methyl sites for hydroxylation is 1. The zero-order valence-electron chi connectivity index (χ0n) is 18.1. The lowest BCUT2D eigenvalue weighted by atomic mass is 10.2. The van der Waals surface area contributed by atoms with Crippen molar-refractivity contribution in [2.75, 3.05) is 20.1 Å². The van der Waals surface area contributed by atoms with Crippen molar-refractivity contribution in [2.45, 2.75) is 39.5 Å². The number of halogens is 1. The van der Waals surface area contributed by atoms with Crippen molar-refractivity contribution in [3.8, 4) is 0 Å². The third-order valence-electron chi connectivity index (χ3n) is 4.23. The van der Waals surface area contributed by atoms with Gasteiger partial charge in [-0.15, -0.1) is 0 Å². The fourth-order valence-corrected chi connectivity index (χ4v) is 3.02. The van der Waals surface area contributed by atoms with Gasteiger partial charge in [0.1, 0.15) is 12.2 Å². The van der Waals surface area contributed by atoms with Crippen molar-refractivity contribution in [3.05, 3.63) is 52.3 Å². The van der Waals surface area contributed by atoms with E-state index in [1.165, 1.54) is 4.90 Å². The quantitative estimate of drug-likeness (QED) is 0.593. The van der Waals surface area contributed by atoms with E-state index in [0.29, 0.717) is 6.54 Å². The van der Waals surface area contributed by atoms with Gasteiger partial charge in [-0.25, -0.2) is 9.59 Å². The fourth-order valence-electron chi connectivity index (χ4n) is 2.54. The Morgan fingerprint density at radius 1 is 1.13 bits per heavy atom. The SMILES string of the molecule is CN(CCN(Cc1c(Br)cnn1C)C(=O)OCc1ccccc1)C(=O)OC(C)(C)C. The average molecular weight is 481 g/mol. The summed E-state index contributed by atoms with van der Waals surface area (Å²) in [6.45, 7) is 6.47. The van der Waals surface area contributed by atoms with Gasteiger partial charge in [-0.05, 0) is 42.3 Å². The van der Waals surface area contributed by atoms with Gasteiger partial charge >= 0.3 is 12.2 Å². The minimum atomic E-state index is -0.584. The van der Waals surface area contributed by atoms with Gasteiger partial charge in [-0.3, -0.25) is 4.68 Å². The lowest BCUT2D eigenvalue weighted by Crippen LogP contribution is -2.41. The molecule has 0 N–H and O–H groups in total. The molecule has 0 aliphatic carbocycles. The molecule has 1 heterocycles. The van der Waals surface area contributed by atoms with E-state index in [1.807, 2.05) is 51.1 Å². The molecule has 2 rings (SSSR count). The molecular formula is C21H29BrN4O4. The second-order valence-corrected chi connectivity index (χ2v) is 8.78. The summed E-state index contributed by atoms with van der Waals surface area (Å²) in [5.74, 6) is 0. The predicted molar refractivity (Wildman–Crippen MR) is 117 cm³/mol. The van der Waals surface area contributed by atoms with Crippen molar-refractivity contribution in [1.29, 1.82) is 0 Å². The number of rotatable bonds is 7. The highest BCUT2D eigenvalue weighted by Crippen LogP contribution is 2.18. The summed E-state index contributed by atoms with van der Waals surface area (Å²) in [5, 5.41) is 4.19. The van der Waals surface area contributed by atoms with Crippen LogP contribution in [-0.4, -0.2) is 57.5 Å².